The highest BCUT2D eigenvalue weighted by molar-refractivity contribution is 7.80. The minimum absolute atomic E-state index is 0.0117. The second-order valence-corrected chi connectivity index (χ2v) is 6.53. The van der Waals surface area contributed by atoms with Gasteiger partial charge in [0.1, 0.15) is 18.2 Å². The van der Waals surface area contributed by atoms with E-state index in [1.54, 1.807) is 24.4 Å². The van der Waals surface area contributed by atoms with Crippen LogP contribution in [0.1, 0.15) is 11.1 Å². The molecule has 0 radical (unpaired) electrons. The third-order valence-corrected chi connectivity index (χ3v) is 4.30. The molecule has 0 spiro atoms. The van der Waals surface area contributed by atoms with Gasteiger partial charge in [-0.25, -0.2) is 4.39 Å². The largest absolute Gasteiger partial charge is 0.488 e. The highest BCUT2D eigenvalue weighted by Crippen LogP contribution is 2.23. The molecule has 0 aliphatic rings. The number of rotatable bonds is 6. The van der Waals surface area contributed by atoms with Gasteiger partial charge in [-0.15, -0.1) is 0 Å². The molecule has 2 N–H and O–H groups in total. The fourth-order valence-electron chi connectivity index (χ4n) is 2.38. The molecule has 0 fully saturated rings. The van der Waals surface area contributed by atoms with Gasteiger partial charge in [-0.2, -0.15) is 5.10 Å². The van der Waals surface area contributed by atoms with Gasteiger partial charge < -0.3 is 10.1 Å². The maximum Gasteiger partial charge on any atom is 0.191 e. The molecule has 7 heteroatoms. The van der Waals surface area contributed by atoms with Crippen molar-refractivity contribution in [3.8, 4) is 5.75 Å². The van der Waals surface area contributed by atoms with Gasteiger partial charge in [-0.05, 0) is 48.6 Å². The molecule has 0 atom stereocenters. The number of hydrazone groups is 1. The molecule has 4 nitrogen and oxygen atoms in total. The van der Waals surface area contributed by atoms with Crippen molar-refractivity contribution in [2.45, 2.75) is 6.61 Å². The van der Waals surface area contributed by atoms with E-state index in [4.69, 9.17) is 28.6 Å². The number of halogens is 2. The van der Waals surface area contributed by atoms with Crippen LogP contribution in [0.5, 0.6) is 5.75 Å². The number of anilines is 1. The van der Waals surface area contributed by atoms with Crippen molar-refractivity contribution in [3.63, 3.8) is 0 Å². The molecule has 28 heavy (non-hydrogen) atoms. The number of ether oxygens (including phenoxy) is 1. The number of hydrogen-bond acceptors (Lipinski definition) is 3. The van der Waals surface area contributed by atoms with Gasteiger partial charge in [-0.1, -0.05) is 48.0 Å². The van der Waals surface area contributed by atoms with Gasteiger partial charge in [0.15, 0.2) is 5.11 Å². The van der Waals surface area contributed by atoms with Gasteiger partial charge in [0.05, 0.1) is 11.2 Å². The standard InChI is InChI=1S/C21H17ClFN3OS/c22-18-10-6-11-19(23)17(18)14-27-20-12-5-4-7-15(20)13-24-26-21(28)25-16-8-2-1-3-9-16/h1-13H,14H2,(H2,25,26,28). The van der Waals surface area contributed by atoms with Crippen molar-refractivity contribution in [1.29, 1.82) is 0 Å². The Hall–Kier alpha value is -2.96. The summed E-state index contributed by atoms with van der Waals surface area (Å²) in [7, 11) is 0. The molecule has 142 valence electrons. The Morgan fingerprint density at radius 3 is 2.57 bits per heavy atom. The number of benzene rings is 3. The highest BCUT2D eigenvalue weighted by Gasteiger charge is 2.09. The molecule has 0 heterocycles. The number of thiocarbonyl (C=S) groups is 1. The third-order valence-electron chi connectivity index (χ3n) is 3.75. The average molecular weight is 414 g/mol. The normalized spacial score (nSPS) is 10.6. The van der Waals surface area contributed by atoms with Crippen LogP contribution in [0.15, 0.2) is 77.9 Å². The molecule has 0 amide bonds. The fraction of sp³-hybridized carbons (Fsp3) is 0.0476. The summed E-state index contributed by atoms with van der Waals surface area (Å²) in [4.78, 5) is 0. The van der Waals surface area contributed by atoms with E-state index in [1.807, 2.05) is 48.5 Å². The van der Waals surface area contributed by atoms with Gasteiger partial charge in [0, 0.05) is 16.8 Å². The maximum atomic E-state index is 13.9. The third kappa shape index (κ3) is 5.52. The zero-order chi connectivity index (χ0) is 19.8. The Morgan fingerprint density at radius 2 is 1.79 bits per heavy atom. The first-order valence-electron chi connectivity index (χ1n) is 8.43. The lowest BCUT2D eigenvalue weighted by molar-refractivity contribution is 0.299. The monoisotopic (exact) mass is 413 g/mol. The first-order valence-corrected chi connectivity index (χ1v) is 9.22. The van der Waals surface area contributed by atoms with Crippen molar-refractivity contribution in [3.05, 3.63) is 94.8 Å². The van der Waals surface area contributed by atoms with Crippen LogP contribution in [0.25, 0.3) is 0 Å². The first kappa shape index (κ1) is 19.8. The van der Waals surface area contributed by atoms with E-state index in [0.29, 0.717) is 27.0 Å². The van der Waals surface area contributed by atoms with Crippen LogP contribution >= 0.6 is 23.8 Å². The molecular weight excluding hydrogens is 397 g/mol. The molecule has 0 saturated carbocycles. The quantitative estimate of drug-likeness (QED) is 0.323. The predicted molar refractivity (Wildman–Crippen MR) is 116 cm³/mol. The molecular formula is C21H17ClFN3OS. The zero-order valence-corrected chi connectivity index (χ0v) is 16.3. The number of para-hydroxylation sites is 2. The molecule has 0 saturated heterocycles. The summed E-state index contributed by atoms with van der Waals surface area (Å²) in [5.41, 5.74) is 4.63. The maximum absolute atomic E-state index is 13.9. The lowest BCUT2D eigenvalue weighted by Crippen LogP contribution is -2.23. The summed E-state index contributed by atoms with van der Waals surface area (Å²) >= 11 is 11.2. The highest BCUT2D eigenvalue weighted by atomic mass is 35.5. The molecule has 0 bridgehead atoms. The molecule has 0 aliphatic carbocycles. The molecule has 0 aromatic heterocycles. The zero-order valence-electron chi connectivity index (χ0n) is 14.7. The minimum Gasteiger partial charge on any atom is -0.488 e. The van der Waals surface area contributed by atoms with Crippen LogP contribution in [0.4, 0.5) is 10.1 Å². The van der Waals surface area contributed by atoms with E-state index < -0.39 is 5.82 Å². The molecule has 0 unspecified atom stereocenters. The topological polar surface area (TPSA) is 45.6 Å². The van der Waals surface area contributed by atoms with E-state index in [1.165, 1.54) is 6.07 Å². The second kappa shape index (κ2) is 9.82. The average Bonchev–Trinajstić information content (AvgIpc) is 2.69. The summed E-state index contributed by atoms with van der Waals surface area (Å²) in [5, 5.41) is 7.83. The van der Waals surface area contributed by atoms with Crippen LogP contribution in [-0.2, 0) is 6.61 Å². The lowest BCUT2D eigenvalue weighted by atomic mass is 10.2. The Morgan fingerprint density at radius 1 is 1.04 bits per heavy atom. The van der Waals surface area contributed by atoms with Crippen molar-refractivity contribution in [2.75, 3.05) is 5.32 Å². The fourth-order valence-corrected chi connectivity index (χ4v) is 2.77. The number of hydrogen-bond donors (Lipinski definition) is 2. The Balaban J connectivity index is 1.62. The molecule has 0 aliphatic heterocycles. The van der Waals surface area contributed by atoms with E-state index in [-0.39, 0.29) is 6.61 Å². The van der Waals surface area contributed by atoms with Crippen molar-refractivity contribution in [2.24, 2.45) is 5.10 Å². The minimum atomic E-state index is -0.405. The summed E-state index contributed by atoms with van der Waals surface area (Å²) in [6.45, 7) is 0.0117. The molecule has 3 aromatic rings. The Kier molecular flexibility index (Phi) is 6.94. The summed E-state index contributed by atoms with van der Waals surface area (Å²) < 4.78 is 19.6. The van der Waals surface area contributed by atoms with Crippen LogP contribution < -0.4 is 15.5 Å². The van der Waals surface area contributed by atoms with Crippen molar-refractivity contribution < 1.29 is 9.13 Å². The first-order chi connectivity index (χ1) is 13.6. The van der Waals surface area contributed by atoms with Crippen LogP contribution in [0, 0.1) is 5.82 Å². The number of nitrogens with zero attached hydrogens (tertiary/aromatic N) is 1. The number of nitrogens with one attached hydrogen (secondary N) is 2. The van der Waals surface area contributed by atoms with E-state index >= 15 is 0 Å². The van der Waals surface area contributed by atoms with Crippen LogP contribution in [0.2, 0.25) is 5.02 Å². The van der Waals surface area contributed by atoms with Crippen molar-refractivity contribution >= 4 is 40.8 Å². The van der Waals surface area contributed by atoms with Crippen molar-refractivity contribution in [1.82, 2.24) is 5.43 Å². The molecule has 3 rings (SSSR count). The second-order valence-electron chi connectivity index (χ2n) is 5.72. The molecule has 3 aromatic carbocycles. The van der Waals surface area contributed by atoms with E-state index in [2.05, 4.69) is 15.8 Å². The smallest absolute Gasteiger partial charge is 0.191 e. The SMILES string of the molecule is Fc1cccc(Cl)c1COc1ccccc1C=NNC(=S)Nc1ccccc1. The van der Waals surface area contributed by atoms with Gasteiger partial charge in [-0.3, -0.25) is 5.43 Å². The van der Waals surface area contributed by atoms with Gasteiger partial charge >= 0.3 is 0 Å². The van der Waals surface area contributed by atoms with Gasteiger partial charge in [0.25, 0.3) is 0 Å². The van der Waals surface area contributed by atoms with Gasteiger partial charge in [0.2, 0.25) is 0 Å². The lowest BCUT2D eigenvalue weighted by Gasteiger charge is -2.11. The van der Waals surface area contributed by atoms with E-state index in [9.17, 15) is 4.39 Å². The summed E-state index contributed by atoms with van der Waals surface area (Å²) in [6, 6.07) is 21.3. The van der Waals surface area contributed by atoms with E-state index in [0.717, 1.165) is 5.69 Å². The summed E-state index contributed by atoms with van der Waals surface area (Å²) in [5.74, 6) is 0.145. The Bertz CT molecular complexity index is 962. The predicted octanol–water partition coefficient (Wildman–Crippen LogP) is 5.38. The summed E-state index contributed by atoms with van der Waals surface area (Å²) in [6.07, 6.45) is 1.58. The van der Waals surface area contributed by atoms with Crippen LogP contribution in [0.3, 0.4) is 0 Å². The van der Waals surface area contributed by atoms with Crippen LogP contribution in [-0.4, -0.2) is 11.3 Å². The Labute approximate surface area is 173 Å².